The number of pyridine rings is 3. The molecular formula is C72H72F3N15O3. The Kier molecular flexibility index (Phi) is 16.1. The highest BCUT2D eigenvalue weighted by molar-refractivity contribution is 5.96. The van der Waals surface area contributed by atoms with Gasteiger partial charge in [-0.2, -0.15) is 0 Å². The summed E-state index contributed by atoms with van der Waals surface area (Å²) in [6.45, 7) is 20.1. The fourth-order valence-corrected chi connectivity index (χ4v) is 12.8. The van der Waals surface area contributed by atoms with Gasteiger partial charge in [-0.3, -0.25) is 29.3 Å². The van der Waals surface area contributed by atoms with Crippen molar-refractivity contribution in [1.82, 2.24) is 60.8 Å². The van der Waals surface area contributed by atoms with Crippen molar-refractivity contribution < 1.29 is 27.6 Å². The number of amides is 3. The average molecular weight is 1250 g/mol. The van der Waals surface area contributed by atoms with E-state index in [1.165, 1.54) is 72.8 Å². The number of benzene rings is 3. The van der Waals surface area contributed by atoms with E-state index in [1.807, 2.05) is 98.7 Å². The standard InChI is InChI=1S/3C24H24FN5O/c3*1-14-26-11-10-21(27-14)30-13-16-12-18(16)22-19(30)8-9-20(28-22)24(2,3)29-23(31)15-4-6-17(25)7-5-15/h3*4-11,16,18H,12-13H2,1-3H3,(H,29,31)/t2*16-,18-;/m10./s1. The first-order valence-electron chi connectivity index (χ1n) is 31.5. The number of aryl methyl sites for hydroxylation is 3. The Morgan fingerprint density at radius 2 is 0.634 bits per heavy atom. The van der Waals surface area contributed by atoms with Gasteiger partial charge in [-0.25, -0.2) is 43.1 Å². The molecule has 474 valence electrons. The molecular weight excluding hydrogens is 1180 g/mol. The topological polar surface area (TPSA) is 213 Å². The molecule has 6 aromatic heterocycles. The van der Waals surface area contributed by atoms with E-state index in [-0.39, 0.29) is 35.2 Å². The molecule has 3 saturated carbocycles. The molecule has 2 unspecified atom stereocenters. The molecule has 15 rings (SSSR count). The van der Waals surface area contributed by atoms with Gasteiger partial charge < -0.3 is 30.7 Å². The van der Waals surface area contributed by atoms with E-state index in [4.69, 9.17) is 15.0 Å². The molecule has 0 spiro atoms. The molecule has 3 N–H and O–H groups in total. The number of halogens is 3. The fourth-order valence-electron chi connectivity index (χ4n) is 12.8. The number of carbonyl (C=O) groups is 3. The van der Waals surface area contributed by atoms with Gasteiger partial charge in [0.2, 0.25) is 0 Å². The van der Waals surface area contributed by atoms with Crippen molar-refractivity contribution in [3.05, 3.63) is 232 Å². The lowest BCUT2D eigenvalue weighted by molar-refractivity contribution is 0.0901. The maximum Gasteiger partial charge on any atom is 0.252 e. The Balaban J connectivity index is 0.000000127. The van der Waals surface area contributed by atoms with Crippen LogP contribution in [0.2, 0.25) is 0 Å². The smallest absolute Gasteiger partial charge is 0.252 e. The van der Waals surface area contributed by atoms with Crippen LogP contribution in [-0.2, 0) is 16.6 Å². The lowest BCUT2D eigenvalue weighted by atomic mass is 9.96. The molecule has 21 heteroatoms. The third-order valence-corrected chi connectivity index (χ3v) is 18.3. The number of carbonyl (C=O) groups excluding carboxylic acids is 3. The summed E-state index contributed by atoms with van der Waals surface area (Å²) >= 11 is 0. The van der Waals surface area contributed by atoms with Gasteiger partial charge in [0.05, 0.1) is 67.8 Å². The van der Waals surface area contributed by atoms with Crippen molar-refractivity contribution in [3.63, 3.8) is 0 Å². The van der Waals surface area contributed by atoms with Crippen molar-refractivity contribution in [1.29, 1.82) is 0 Å². The molecule has 0 bridgehead atoms. The first-order chi connectivity index (χ1) is 44.4. The predicted octanol–water partition coefficient (Wildman–Crippen LogP) is 12.7. The highest BCUT2D eigenvalue weighted by Crippen LogP contribution is 2.58. The second-order valence-corrected chi connectivity index (χ2v) is 26.6. The minimum atomic E-state index is -0.682. The Hall–Kier alpha value is -10.1. The largest absolute Gasteiger partial charge is 0.342 e. The first-order valence-corrected chi connectivity index (χ1v) is 31.5. The van der Waals surface area contributed by atoms with Crippen LogP contribution in [0.5, 0.6) is 0 Å². The van der Waals surface area contributed by atoms with E-state index >= 15 is 0 Å². The highest BCUT2D eigenvalue weighted by atomic mass is 19.1. The Morgan fingerprint density at radius 1 is 0.376 bits per heavy atom. The molecule has 93 heavy (non-hydrogen) atoms. The number of nitrogens with one attached hydrogen (secondary N) is 3. The normalized spacial score (nSPS) is 19.4. The van der Waals surface area contributed by atoms with E-state index in [0.717, 1.165) is 125 Å². The molecule has 6 aliphatic rings. The molecule has 3 aliphatic carbocycles. The van der Waals surface area contributed by atoms with Crippen LogP contribution in [0, 0.1) is 56.0 Å². The summed E-state index contributed by atoms with van der Waals surface area (Å²) in [4.78, 5) is 86.2. The van der Waals surface area contributed by atoms with Gasteiger partial charge in [0.25, 0.3) is 17.7 Å². The van der Waals surface area contributed by atoms with Gasteiger partial charge in [-0.05, 0) is 227 Å². The van der Waals surface area contributed by atoms with Gasteiger partial charge in [0.15, 0.2) is 0 Å². The van der Waals surface area contributed by atoms with Gasteiger partial charge in [0.1, 0.15) is 52.4 Å². The molecule has 0 saturated heterocycles. The average Bonchev–Trinajstić information content (AvgIpc) is 1.83. The minimum absolute atomic E-state index is 0.257. The van der Waals surface area contributed by atoms with E-state index in [0.29, 0.717) is 52.2 Å². The number of hydrogen-bond donors (Lipinski definition) is 3. The molecule has 3 aromatic carbocycles. The van der Waals surface area contributed by atoms with Gasteiger partial charge in [-0.1, -0.05) is 0 Å². The lowest BCUT2D eigenvalue weighted by Crippen LogP contribution is -2.42. The van der Waals surface area contributed by atoms with Gasteiger partial charge in [0, 0.05) is 72.7 Å². The summed E-state index contributed by atoms with van der Waals surface area (Å²) in [6.07, 6.45) is 8.70. The summed E-state index contributed by atoms with van der Waals surface area (Å²) in [5.41, 5.74) is 8.01. The SMILES string of the molecule is Cc1nccc(N2CC3CC3c3nc(C(C)(C)NC(=O)c4ccc(F)cc4)ccc32)n1.Cc1nccc(N2C[C@@H]3C[C@@H]3c3nc(C(C)(C)NC(=O)c4ccc(F)cc4)ccc32)n1.Cc1nccc(N2C[C@H]3C[C@H]3c3nc(C(C)(C)NC(=O)c4ccc(F)cc4)ccc32)n1. The van der Waals surface area contributed by atoms with E-state index in [9.17, 15) is 27.6 Å². The summed E-state index contributed by atoms with van der Waals surface area (Å²) in [5, 5.41) is 9.11. The molecule has 18 nitrogen and oxygen atoms in total. The number of hydrogen-bond acceptors (Lipinski definition) is 15. The minimum Gasteiger partial charge on any atom is -0.342 e. The van der Waals surface area contributed by atoms with Crippen LogP contribution in [-0.4, -0.2) is 82.2 Å². The third kappa shape index (κ3) is 13.1. The zero-order valence-electron chi connectivity index (χ0n) is 53.3. The quantitative estimate of drug-likeness (QED) is 0.104. The zero-order valence-corrected chi connectivity index (χ0v) is 53.3. The molecule has 9 aromatic rings. The summed E-state index contributed by atoms with van der Waals surface area (Å²) < 4.78 is 39.5. The van der Waals surface area contributed by atoms with Gasteiger partial charge in [-0.15, -0.1) is 0 Å². The zero-order chi connectivity index (χ0) is 65.3. The maximum atomic E-state index is 13.2. The third-order valence-electron chi connectivity index (χ3n) is 18.3. The molecule has 9 heterocycles. The van der Waals surface area contributed by atoms with Crippen LogP contribution in [0.3, 0.4) is 0 Å². The summed E-state index contributed by atoms with van der Waals surface area (Å²) in [7, 11) is 0. The number of aromatic nitrogens is 9. The van der Waals surface area contributed by atoms with Gasteiger partial charge >= 0.3 is 0 Å². The van der Waals surface area contributed by atoms with E-state index in [1.54, 1.807) is 18.6 Å². The Bertz CT molecular complexity index is 3920. The van der Waals surface area contributed by atoms with Crippen LogP contribution in [0.15, 0.2) is 146 Å². The Labute approximate surface area is 538 Å². The molecule has 3 amide bonds. The predicted molar refractivity (Wildman–Crippen MR) is 347 cm³/mol. The monoisotopic (exact) mass is 1250 g/mol. The summed E-state index contributed by atoms with van der Waals surface area (Å²) in [6, 6.07) is 34.6. The number of fused-ring (bicyclic) bond motifs is 9. The van der Waals surface area contributed by atoms with Crippen LogP contribution in [0.25, 0.3) is 0 Å². The van der Waals surface area contributed by atoms with Crippen molar-refractivity contribution in [2.24, 2.45) is 17.8 Å². The number of rotatable bonds is 12. The second kappa shape index (κ2) is 24.2. The molecule has 6 atom stereocenters. The fraction of sp³-hybridized carbons (Fsp3) is 0.333. The molecule has 3 fully saturated rings. The van der Waals surface area contributed by atoms with Crippen LogP contribution in [0.1, 0.15) is 161 Å². The van der Waals surface area contributed by atoms with Crippen molar-refractivity contribution in [2.45, 2.75) is 116 Å². The highest BCUT2D eigenvalue weighted by Gasteiger charge is 2.50. The second-order valence-electron chi connectivity index (χ2n) is 26.6. The molecule has 3 aliphatic heterocycles. The number of nitrogens with zero attached hydrogens (tertiary/aromatic N) is 12. The Morgan fingerprint density at radius 3 is 0.882 bits per heavy atom. The van der Waals surface area contributed by atoms with Crippen LogP contribution in [0.4, 0.5) is 47.7 Å². The molecule has 0 radical (unpaired) electrons. The van der Waals surface area contributed by atoms with Crippen LogP contribution < -0.4 is 30.7 Å². The maximum absolute atomic E-state index is 13.2. The van der Waals surface area contributed by atoms with E-state index < -0.39 is 16.6 Å². The number of anilines is 6. The summed E-state index contributed by atoms with van der Waals surface area (Å²) in [5.74, 6) is 6.10. The van der Waals surface area contributed by atoms with Crippen LogP contribution >= 0.6 is 0 Å². The first kappa shape index (κ1) is 61.8. The van der Waals surface area contributed by atoms with Crippen molar-refractivity contribution in [3.8, 4) is 0 Å². The lowest BCUT2D eigenvalue weighted by Gasteiger charge is -2.32. The van der Waals surface area contributed by atoms with Crippen molar-refractivity contribution >= 4 is 52.2 Å². The van der Waals surface area contributed by atoms with Crippen molar-refractivity contribution in [2.75, 3.05) is 34.3 Å². The van der Waals surface area contributed by atoms with E-state index in [2.05, 4.69) is 78.8 Å².